The van der Waals surface area contributed by atoms with Crippen LogP contribution in [0.3, 0.4) is 0 Å². The zero-order valence-corrected chi connectivity index (χ0v) is 19.8. The molecule has 3 fully saturated rings. The van der Waals surface area contributed by atoms with Gasteiger partial charge in [-0.1, -0.05) is 5.16 Å². The standard InChI is InChI=1S/C18H23N5O6S3/c1-28-22-10(9-6-31-17(19)20-9)12(24)21-11-13(25)23-7-18(15(26)27,8-3-4-29-5-8)16(30-2)32-14(11)23/h6,8,11,14,16H,3-5,7H2,1-2H3,(H2,19,20)(H,21,24)(H,26,27)/t8?,11?,14-,16?,18?/m1/s1. The van der Waals surface area contributed by atoms with Crippen LogP contribution >= 0.6 is 34.9 Å². The van der Waals surface area contributed by atoms with Gasteiger partial charge in [0.05, 0.1) is 11.2 Å². The summed E-state index contributed by atoms with van der Waals surface area (Å²) >= 11 is 4.00. The number of aromatic nitrogens is 1. The lowest BCUT2D eigenvalue weighted by Gasteiger charge is -2.57. The van der Waals surface area contributed by atoms with Crippen LogP contribution in [-0.2, 0) is 24.0 Å². The second-order valence-electron chi connectivity index (χ2n) is 7.61. The maximum Gasteiger partial charge on any atom is 0.313 e. The predicted molar refractivity (Wildman–Crippen MR) is 121 cm³/mol. The van der Waals surface area contributed by atoms with Crippen molar-refractivity contribution in [1.29, 1.82) is 0 Å². The third-order valence-corrected chi connectivity index (χ3v) is 9.88. The molecule has 0 aromatic carbocycles. The average molecular weight is 502 g/mol. The summed E-state index contributed by atoms with van der Waals surface area (Å²) in [7, 11) is 1.30. The number of carboxylic acids is 1. The Morgan fingerprint density at radius 1 is 1.53 bits per heavy atom. The molecule has 32 heavy (non-hydrogen) atoms. The van der Waals surface area contributed by atoms with Crippen LogP contribution in [0.2, 0.25) is 0 Å². The van der Waals surface area contributed by atoms with Gasteiger partial charge in [-0.25, -0.2) is 4.98 Å². The Bertz CT molecular complexity index is 951. The number of amides is 2. The van der Waals surface area contributed by atoms with Crippen molar-refractivity contribution in [3.05, 3.63) is 11.1 Å². The zero-order valence-electron chi connectivity index (χ0n) is 17.3. The summed E-state index contributed by atoms with van der Waals surface area (Å²) < 4.78 is 5.17. The fourth-order valence-electron chi connectivity index (χ4n) is 4.35. The predicted octanol–water partition coefficient (Wildman–Crippen LogP) is 0.272. The molecule has 4 N–H and O–H groups in total. The smallest absolute Gasteiger partial charge is 0.313 e. The molecular weight excluding hydrogens is 478 g/mol. The number of thioether (sulfide) groups is 2. The number of β-lactam (4-membered cyclic amide) rings is 1. The Hall–Kier alpha value is -2.03. The van der Waals surface area contributed by atoms with E-state index in [0.29, 0.717) is 19.6 Å². The zero-order chi connectivity index (χ0) is 23.0. The first-order valence-corrected chi connectivity index (χ1v) is 12.9. The van der Waals surface area contributed by atoms with Crippen LogP contribution in [0.25, 0.3) is 0 Å². The molecule has 174 valence electrons. The highest BCUT2D eigenvalue weighted by Crippen LogP contribution is 2.55. The molecule has 4 rings (SSSR count). The first kappa shape index (κ1) is 23.1. The van der Waals surface area contributed by atoms with E-state index >= 15 is 0 Å². The fourth-order valence-corrected chi connectivity index (χ4v) is 8.01. The van der Waals surface area contributed by atoms with Crippen molar-refractivity contribution in [3.63, 3.8) is 0 Å². The molecule has 0 bridgehead atoms. The average Bonchev–Trinajstić information content (AvgIpc) is 3.46. The second-order valence-corrected chi connectivity index (χ2v) is 11.0. The number of oxime groups is 1. The maximum absolute atomic E-state index is 12.9. The molecule has 4 heterocycles. The van der Waals surface area contributed by atoms with Crippen LogP contribution in [0.5, 0.6) is 0 Å². The number of nitrogen functional groups attached to an aromatic ring is 1. The number of nitrogens with two attached hydrogens (primary N) is 1. The van der Waals surface area contributed by atoms with Crippen molar-refractivity contribution >= 4 is 63.5 Å². The summed E-state index contributed by atoms with van der Waals surface area (Å²) in [6.45, 7) is 0.973. The molecule has 0 radical (unpaired) electrons. The Morgan fingerprint density at radius 3 is 2.88 bits per heavy atom. The van der Waals surface area contributed by atoms with E-state index in [-0.39, 0.29) is 44.9 Å². The lowest BCUT2D eigenvalue weighted by Crippen LogP contribution is -2.75. The molecule has 0 spiro atoms. The molecule has 3 aliphatic rings. The van der Waals surface area contributed by atoms with Crippen LogP contribution in [0.15, 0.2) is 10.5 Å². The van der Waals surface area contributed by atoms with E-state index in [1.165, 1.54) is 30.6 Å². The second kappa shape index (κ2) is 9.08. The normalized spacial score (nSPS) is 32.2. The minimum absolute atomic E-state index is 0.0862. The summed E-state index contributed by atoms with van der Waals surface area (Å²) in [5.41, 5.74) is 4.70. The number of carbonyl (C=O) groups is 3. The quantitative estimate of drug-likeness (QED) is 0.269. The minimum atomic E-state index is -1.11. The maximum atomic E-state index is 12.9. The Morgan fingerprint density at radius 2 is 2.31 bits per heavy atom. The lowest BCUT2D eigenvalue weighted by atomic mass is 9.74. The summed E-state index contributed by atoms with van der Waals surface area (Å²) in [4.78, 5) is 48.6. The van der Waals surface area contributed by atoms with Crippen LogP contribution in [0, 0.1) is 11.3 Å². The fraction of sp³-hybridized carbons (Fsp3) is 0.611. The number of hydrogen-bond acceptors (Lipinski definition) is 11. The number of hydrogen-bond donors (Lipinski definition) is 3. The third-order valence-electron chi connectivity index (χ3n) is 5.98. The lowest BCUT2D eigenvalue weighted by molar-refractivity contribution is -0.162. The number of aliphatic carboxylic acids is 1. The largest absolute Gasteiger partial charge is 0.481 e. The van der Waals surface area contributed by atoms with Crippen LogP contribution in [0.4, 0.5) is 5.13 Å². The van der Waals surface area contributed by atoms with Gasteiger partial charge < -0.3 is 30.6 Å². The topological polar surface area (TPSA) is 156 Å². The highest BCUT2D eigenvalue weighted by atomic mass is 32.2. The van der Waals surface area contributed by atoms with Crippen molar-refractivity contribution in [2.24, 2.45) is 16.5 Å². The molecule has 4 unspecified atom stereocenters. The van der Waals surface area contributed by atoms with Crippen LogP contribution in [0.1, 0.15) is 12.1 Å². The molecule has 0 saturated carbocycles. The third kappa shape index (κ3) is 3.72. The van der Waals surface area contributed by atoms with E-state index in [2.05, 4.69) is 15.5 Å². The number of ether oxygens (including phenoxy) is 1. The van der Waals surface area contributed by atoms with Gasteiger partial charge in [0, 0.05) is 24.4 Å². The molecule has 3 saturated heterocycles. The summed E-state index contributed by atoms with van der Waals surface area (Å²) in [5, 5.41) is 18.1. The Balaban J connectivity index is 1.53. The molecular formula is C18H23N5O6S3. The molecule has 2 amide bonds. The van der Waals surface area contributed by atoms with Gasteiger partial charge >= 0.3 is 5.97 Å². The first-order chi connectivity index (χ1) is 15.3. The molecule has 11 nitrogen and oxygen atoms in total. The number of anilines is 1. The van der Waals surface area contributed by atoms with E-state index in [1.807, 2.05) is 6.26 Å². The van der Waals surface area contributed by atoms with Crippen molar-refractivity contribution in [2.75, 3.05) is 38.9 Å². The number of rotatable bonds is 7. The Labute approximate surface area is 196 Å². The highest BCUT2D eigenvalue weighted by Gasteiger charge is 2.64. The van der Waals surface area contributed by atoms with Gasteiger partial charge in [0.2, 0.25) is 5.91 Å². The van der Waals surface area contributed by atoms with Crippen molar-refractivity contribution in [1.82, 2.24) is 15.2 Å². The molecule has 5 atom stereocenters. The van der Waals surface area contributed by atoms with E-state index in [9.17, 15) is 19.5 Å². The first-order valence-electron chi connectivity index (χ1n) is 9.76. The number of nitrogens with zero attached hydrogens (tertiary/aromatic N) is 3. The van der Waals surface area contributed by atoms with Gasteiger partial charge in [-0.2, -0.15) is 0 Å². The molecule has 1 aromatic rings. The van der Waals surface area contributed by atoms with E-state index < -0.39 is 23.3 Å². The van der Waals surface area contributed by atoms with Crippen molar-refractivity contribution in [3.8, 4) is 0 Å². The van der Waals surface area contributed by atoms with Crippen LogP contribution < -0.4 is 11.1 Å². The van der Waals surface area contributed by atoms with E-state index in [4.69, 9.17) is 15.3 Å². The van der Waals surface area contributed by atoms with Gasteiger partial charge in [-0.15, -0.1) is 34.9 Å². The number of carbonyl (C=O) groups excluding carboxylic acids is 2. The van der Waals surface area contributed by atoms with Crippen molar-refractivity contribution < 1.29 is 29.1 Å². The summed E-state index contributed by atoms with van der Waals surface area (Å²) in [6, 6.07) is -0.799. The molecule has 14 heteroatoms. The van der Waals surface area contributed by atoms with Gasteiger partial charge in [0.1, 0.15) is 29.6 Å². The summed E-state index contributed by atoms with van der Waals surface area (Å²) in [6.07, 6.45) is 2.51. The number of carboxylic acid groups (broad SMARTS) is 1. The van der Waals surface area contributed by atoms with Gasteiger partial charge in [0.15, 0.2) is 10.8 Å². The number of nitrogens with one attached hydrogen (secondary N) is 1. The van der Waals surface area contributed by atoms with E-state index in [0.717, 1.165) is 11.3 Å². The van der Waals surface area contributed by atoms with Crippen LogP contribution in [-0.4, -0.2) is 87.6 Å². The highest BCUT2D eigenvalue weighted by molar-refractivity contribution is 8.17. The monoisotopic (exact) mass is 501 g/mol. The summed E-state index contributed by atoms with van der Waals surface area (Å²) in [5.74, 6) is -2.04. The van der Waals surface area contributed by atoms with Gasteiger partial charge in [-0.3, -0.25) is 14.4 Å². The van der Waals surface area contributed by atoms with E-state index in [1.54, 1.807) is 10.3 Å². The Kier molecular flexibility index (Phi) is 6.56. The molecule has 1 aromatic heterocycles. The number of thiazole rings is 1. The van der Waals surface area contributed by atoms with Gasteiger partial charge in [-0.05, 0) is 12.7 Å². The minimum Gasteiger partial charge on any atom is -0.481 e. The molecule has 3 aliphatic heterocycles. The molecule has 0 aliphatic carbocycles. The SMILES string of the molecule is CON=C(C(=O)NC1C(=O)N2CC(C(=O)O)(C3CCOC3)C(SC)S[C@H]12)c1csc(N)n1. The van der Waals surface area contributed by atoms with Gasteiger partial charge in [0.25, 0.3) is 5.91 Å². The number of fused-ring (bicyclic) bond motifs is 1. The van der Waals surface area contributed by atoms with Crippen molar-refractivity contribution in [2.45, 2.75) is 22.4 Å².